The summed E-state index contributed by atoms with van der Waals surface area (Å²) in [6, 6.07) is 0. The van der Waals surface area contributed by atoms with E-state index in [2.05, 4.69) is 44.9 Å². The minimum absolute atomic E-state index is 1.09. The Morgan fingerprint density at radius 3 is 2.17 bits per heavy atom. The molecule has 0 aliphatic heterocycles. The van der Waals surface area contributed by atoms with Crippen LogP contribution in [0.25, 0.3) is 0 Å². The second kappa shape index (κ2) is 9.79. The van der Waals surface area contributed by atoms with Crippen LogP contribution >= 0.6 is 31.9 Å². The molecule has 0 aliphatic carbocycles. The number of halogens is 2. The molecule has 0 aliphatic rings. The third-order valence-electron chi connectivity index (χ3n) is 1.86. The van der Waals surface area contributed by atoms with Crippen molar-refractivity contribution in [2.45, 2.75) is 51.9 Å². The number of hydrogen-bond acceptors (Lipinski definition) is 0. The Morgan fingerprint density at radius 1 is 1.00 bits per heavy atom. The zero-order chi connectivity index (χ0) is 9.23. The molecule has 72 valence electrons. The molecule has 0 aromatic rings. The summed E-state index contributed by atoms with van der Waals surface area (Å²) in [5.74, 6) is 0. The van der Waals surface area contributed by atoms with Crippen LogP contribution in [0.15, 0.2) is 9.47 Å². The molecule has 0 heterocycles. The van der Waals surface area contributed by atoms with Crippen molar-refractivity contribution < 1.29 is 0 Å². The van der Waals surface area contributed by atoms with Gasteiger partial charge in [0.1, 0.15) is 0 Å². The molecule has 0 spiro atoms. The molecule has 0 saturated carbocycles. The van der Waals surface area contributed by atoms with E-state index in [9.17, 15) is 0 Å². The van der Waals surface area contributed by atoms with Crippen LogP contribution in [0.5, 0.6) is 0 Å². The lowest BCUT2D eigenvalue weighted by Crippen LogP contribution is -1.77. The molecule has 0 fully saturated rings. The van der Waals surface area contributed by atoms with Gasteiger partial charge in [-0.2, -0.15) is 0 Å². The molecular weight excluding hydrogens is 280 g/mol. The van der Waals surface area contributed by atoms with Crippen LogP contribution in [0.4, 0.5) is 0 Å². The zero-order valence-electron chi connectivity index (χ0n) is 7.78. The second-order valence-electron chi connectivity index (χ2n) is 3.05. The van der Waals surface area contributed by atoms with Crippen LogP contribution in [-0.4, -0.2) is 0 Å². The van der Waals surface area contributed by atoms with Gasteiger partial charge in [0.05, 0.1) is 3.39 Å². The molecule has 12 heavy (non-hydrogen) atoms. The average Bonchev–Trinajstić information content (AvgIpc) is 2.02. The van der Waals surface area contributed by atoms with Gasteiger partial charge in [-0.25, -0.2) is 0 Å². The normalized spacial score (nSPS) is 9.92. The lowest BCUT2D eigenvalue weighted by molar-refractivity contribution is 0.611. The van der Waals surface area contributed by atoms with Crippen molar-refractivity contribution in [2.24, 2.45) is 0 Å². The highest BCUT2D eigenvalue weighted by molar-refractivity contribution is 9.28. The monoisotopic (exact) mass is 296 g/mol. The first-order valence-corrected chi connectivity index (χ1v) is 6.37. The van der Waals surface area contributed by atoms with Gasteiger partial charge in [-0.1, -0.05) is 45.1 Å². The van der Waals surface area contributed by atoms with E-state index in [0.717, 1.165) is 3.39 Å². The number of rotatable bonds is 7. The average molecular weight is 298 g/mol. The van der Waals surface area contributed by atoms with E-state index in [0.29, 0.717) is 0 Å². The molecule has 0 aromatic carbocycles. The number of hydrogen-bond donors (Lipinski definition) is 0. The fourth-order valence-electron chi connectivity index (χ4n) is 1.14. The summed E-state index contributed by atoms with van der Waals surface area (Å²) in [6.45, 7) is 2.25. The SMILES string of the molecule is CCCCCCCCC=C(Br)Br. The highest BCUT2D eigenvalue weighted by Crippen LogP contribution is 2.15. The Labute approximate surface area is 93.1 Å². The van der Waals surface area contributed by atoms with E-state index in [4.69, 9.17) is 0 Å². The number of unbranched alkanes of at least 4 members (excludes halogenated alkanes) is 6. The van der Waals surface area contributed by atoms with Crippen LogP contribution in [0.2, 0.25) is 0 Å². The quantitative estimate of drug-likeness (QED) is 0.554. The summed E-state index contributed by atoms with van der Waals surface area (Å²) < 4.78 is 1.09. The molecule has 0 radical (unpaired) electrons. The Balaban J connectivity index is 2.96. The third-order valence-corrected chi connectivity index (χ3v) is 2.50. The zero-order valence-corrected chi connectivity index (χ0v) is 11.0. The van der Waals surface area contributed by atoms with Gasteiger partial charge in [0.25, 0.3) is 0 Å². The molecule has 2 heteroatoms. The van der Waals surface area contributed by atoms with E-state index in [1.54, 1.807) is 0 Å². The molecule has 0 nitrogen and oxygen atoms in total. The molecule has 0 unspecified atom stereocenters. The summed E-state index contributed by atoms with van der Waals surface area (Å²) >= 11 is 6.69. The fraction of sp³-hybridized carbons (Fsp3) is 0.800. The van der Waals surface area contributed by atoms with Crippen LogP contribution in [0, 0.1) is 0 Å². The minimum atomic E-state index is 1.09. The molecule has 0 atom stereocenters. The summed E-state index contributed by atoms with van der Waals surface area (Å²) in [6.07, 6.45) is 11.6. The van der Waals surface area contributed by atoms with E-state index < -0.39 is 0 Å². The Morgan fingerprint density at radius 2 is 1.58 bits per heavy atom. The van der Waals surface area contributed by atoms with Crippen molar-refractivity contribution in [3.63, 3.8) is 0 Å². The molecule has 0 N–H and O–H groups in total. The van der Waals surface area contributed by atoms with Crippen molar-refractivity contribution in [1.29, 1.82) is 0 Å². The van der Waals surface area contributed by atoms with Crippen molar-refractivity contribution in [2.75, 3.05) is 0 Å². The Kier molecular flexibility index (Phi) is 10.4. The Bertz CT molecular complexity index is 115. The van der Waals surface area contributed by atoms with Gasteiger partial charge in [0, 0.05) is 0 Å². The van der Waals surface area contributed by atoms with Gasteiger partial charge >= 0.3 is 0 Å². The third kappa shape index (κ3) is 10.7. The molecule has 0 aromatic heterocycles. The molecule has 0 amide bonds. The highest BCUT2D eigenvalue weighted by Gasteiger charge is 1.88. The van der Waals surface area contributed by atoms with Crippen molar-refractivity contribution in [1.82, 2.24) is 0 Å². The van der Waals surface area contributed by atoms with Gasteiger partial charge in [0.2, 0.25) is 0 Å². The first-order valence-electron chi connectivity index (χ1n) is 4.78. The summed E-state index contributed by atoms with van der Waals surface area (Å²) in [4.78, 5) is 0. The summed E-state index contributed by atoms with van der Waals surface area (Å²) in [5, 5.41) is 0. The van der Waals surface area contributed by atoms with Crippen LogP contribution in [0.3, 0.4) is 0 Å². The van der Waals surface area contributed by atoms with Crippen molar-refractivity contribution in [3.8, 4) is 0 Å². The lowest BCUT2D eigenvalue weighted by Gasteiger charge is -1.97. The fourth-order valence-corrected chi connectivity index (χ4v) is 1.59. The largest absolute Gasteiger partial charge is 0.0654 e. The van der Waals surface area contributed by atoms with Crippen molar-refractivity contribution in [3.05, 3.63) is 9.47 Å². The maximum atomic E-state index is 3.35. The second-order valence-corrected chi connectivity index (χ2v) is 5.82. The van der Waals surface area contributed by atoms with E-state index >= 15 is 0 Å². The first-order chi connectivity index (χ1) is 5.77. The maximum Gasteiger partial charge on any atom is 0.0564 e. The number of allylic oxidation sites excluding steroid dienone is 1. The van der Waals surface area contributed by atoms with E-state index in [1.807, 2.05) is 0 Å². The van der Waals surface area contributed by atoms with E-state index in [1.165, 1.54) is 44.9 Å². The summed E-state index contributed by atoms with van der Waals surface area (Å²) in [5.41, 5.74) is 0. The summed E-state index contributed by atoms with van der Waals surface area (Å²) in [7, 11) is 0. The smallest absolute Gasteiger partial charge is 0.0564 e. The molecular formula is C10H18Br2. The van der Waals surface area contributed by atoms with Gasteiger partial charge in [-0.05, 0) is 44.7 Å². The minimum Gasteiger partial charge on any atom is -0.0654 e. The van der Waals surface area contributed by atoms with Crippen LogP contribution < -0.4 is 0 Å². The van der Waals surface area contributed by atoms with Gasteiger partial charge in [0.15, 0.2) is 0 Å². The van der Waals surface area contributed by atoms with Crippen LogP contribution in [-0.2, 0) is 0 Å². The van der Waals surface area contributed by atoms with E-state index in [-0.39, 0.29) is 0 Å². The molecule has 0 rings (SSSR count). The maximum absolute atomic E-state index is 3.35. The topological polar surface area (TPSA) is 0 Å². The Hall–Kier alpha value is 0.700. The lowest BCUT2D eigenvalue weighted by atomic mass is 10.1. The standard InChI is InChI=1S/C10H18Br2/c1-2-3-4-5-6-7-8-9-10(11)12/h9H,2-8H2,1H3. The van der Waals surface area contributed by atoms with Gasteiger partial charge in [-0.3, -0.25) is 0 Å². The molecule has 0 bridgehead atoms. The molecule has 0 saturated heterocycles. The van der Waals surface area contributed by atoms with Gasteiger partial charge < -0.3 is 0 Å². The van der Waals surface area contributed by atoms with Gasteiger partial charge in [-0.15, -0.1) is 0 Å². The first kappa shape index (κ1) is 12.7. The predicted octanol–water partition coefficient (Wildman–Crippen LogP) is 5.37. The highest BCUT2D eigenvalue weighted by atomic mass is 79.9. The van der Waals surface area contributed by atoms with Crippen LogP contribution in [0.1, 0.15) is 51.9 Å². The van der Waals surface area contributed by atoms with Crippen molar-refractivity contribution >= 4 is 31.9 Å². The predicted molar refractivity (Wildman–Crippen MR) is 63.9 cm³/mol.